The second-order valence-corrected chi connectivity index (χ2v) is 5.22. The average molecular weight is 257 g/mol. The molecule has 0 aliphatic heterocycles. The van der Waals surface area contributed by atoms with E-state index in [2.05, 4.69) is 5.32 Å². The molecule has 0 radical (unpaired) electrons. The first-order chi connectivity index (χ1) is 9.22. The van der Waals surface area contributed by atoms with Crippen LogP contribution in [-0.4, -0.2) is 5.11 Å². The smallest absolute Gasteiger partial charge is 0.117 e. The van der Waals surface area contributed by atoms with Crippen molar-refractivity contribution in [3.63, 3.8) is 0 Å². The summed E-state index contributed by atoms with van der Waals surface area (Å²) >= 11 is 0. The van der Waals surface area contributed by atoms with Crippen LogP contribution in [0.3, 0.4) is 0 Å². The molecule has 3 heteroatoms. The van der Waals surface area contributed by atoms with E-state index in [9.17, 15) is 5.11 Å². The summed E-state index contributed by atoms with van der Waals surface area (Å²) in [5.74, 6) is 2.25. The fraction of sp³-hybridized carbons (Fsp3) is 0.375. The van der Waals surface area contributed by atoms with Crippen LogP contribution in [0.25, 0.3) is 0 Å². The van der Waals surface area contributed by atoms with Gasteiger partial charge in [-0.15, -0.1) is 0 Å². The van der Waals surface area contributed by atoms with Gasteiger partial charge in [-0.2, -0.15) is 0 Å². The van der Waals surface area contributed by atoms with Gasteiger partial charge < -0.3 is 14.8 Å². The first-order valence-corrected chi connectivity index (χ1v) is 6.83. The Labute approximate surface area is 113 Å². The molecule has 3 rings (SSSR count). The summed E-state index contributed by atoms with van der Waals surface area (Å²) in [6, 6.07) is 10.00. The maximum Gasteiger partial charge on any atom is 0.117 e. The summed E-state index contributed by atoms with van der Waals surface area (Å²) < 4.78 is 5.57. The summed E-state index contributed by atoms with van der Waals surface area (Å²) in [5.41, 5.74) is 2.58. The van der Waals surface area contributed by atoms with Crippen LogP contribution in [-0.2, 0) is 13.0 Å². The molecule has 1 unspecified atom stereocenters. The van der Waals surface area contributed by atoms with Crippen molar-refractivity contribution < 1.29 is 9.52 Å². The predicted molar refractivity (Wildman–Crippen MR) is 74.1 cm³/mol. The summed E-state index contributed by atoms with van der Waals surface area (Å²) in [4.78, 5) is 0. The Kier molecular flexibility index (Phi) is 3.30. The molecule has 1 heterocycles. The summed E-state index contributed by atoms with van der Waals surface area (Å²) in [5, 5.41) is 13.2. The summed E-state index contributed by atoms with van der Waals surface area (Å²) in [6.45, 7) is 2.69. The molecule has 3 nitrogen and oxygen atoms in total. The van der Waals surface area contributed by atoms with Crippen LogP contribution < -0.4 is 5.32 Å². The van der Waals surface area contributed by atoms with E-state index < -0.39 is 0 Å². The molecule has 2 N–H and O–H groups in total. The first-order valence-electron chi connectivity index (χ1n) is 6.83. The van der Waals surface area contributed by atoms with Crippen molar-refractivity contribution >= 4 is 0 Å². The van der Waals surface area contributed by atoms with Crippen molar-refractivity contribution in [1.29, 1.82) is 0 Å². The number of aryl methyl sites for hydroxylation is 2. The zero-order chi connectivity index (χ0) is 13.2. The topological polar surface area (TPSA) is 45.4 Å². The van der Waals surface area contributed by atoms with Gasteiger partial charge in [0.2, 0.25) is 0 Å². The van der Waals surface area contributed by atoms with E-state index in [1.54, 1.807) is 6.07 Å². The third kappa shape index (κ3) is 2.66. The van der Waals surface area contributed by atoms with Crippen molar-refractivity contribution in [2.45, 2.75) is 38.8 Å². The Balaban J connectivity index is 1.74. The molecule has 1 aromatic heterocycles. The first kappa shape index (κ1) is 12.3. The van der Waals surface area contributed by atoms with Gasteiger partial charge in [-0.05, 0) is 61.6 Å². The van der Waals surface area contributed by atoms with Crippen molar-refractivity contribution in [3.05, 3.63) is 53.0 Å². The highest BCUT2D eigenvalue weighted by Gasteiger charge is 2.20. The lowest BCUT2D eigenvalue weighted by Gasteiger charge is -2.26. The minimum Gasteiger partial charge on any atom is -0.508 e. The number of aromatic hydroxyl groups is 1. The minimum atomic E-state index is 0.307. The Morgan fingerprint density at radius 2 is 2.21 bits per heavy atom. The van der Waals surface area contributed by atoms with Gasteiger partial charge in [-0.1, -0.05) is 6.07 Å². The van der Waals surface area contributed by atoms with Crippen LogP contribution in [0.15, 0.2) is 34.7 Å². The van der Waals surface area contributed by atoms with Crippen LogP contribution in [0.1, 0.15) is 41.5 Å². The van der Waals surface area contributed by atoms with Crippen LogP contribution in [0.4, 0.5) is 0 Å². The van der Waals surface area contributed by atoms with Crippen LogP contribution in [0.5, 0.6) is 5.75 Å². The normalized spacial score (nSPS) is 18.3. The number of furan rings is 1. The molecule has 19 heavy (non-hydrogen) atoms. The molecule has 0 saturated carbocycles. The highest BCUT2D eigenvalue weighted by Crippen LogP contribution is 2.32. The third-order valence-electron chi connectivity index (χ3n) is 3.76. The van der Waals surface area contributed by atoms with Gasteiger partial charge in [0.05, 0.1) is 6.54 Å². The second-order valence-electron chi connectivity index (χ2n) is 5.22. The van der Waals surface area contributed by atoms with E-state index in [4.69, 9.17) is 4.42 Å². The Morgan fingerprint density at radius 3 is 3.00 bits per heavy atom. The minimum absolute atomic E-state index is 0.307. The lowest BCUT2D eigenvalue weighted by atomic mass is 9.87. The van der Waals surface area contributed by atoms with Crippen molar-refractivity contribution in [3.8, 4) is 5.75 Å². The summed E-state index contributed by atoms with van der Waals surface area (Å²) in [6.07, 6.45) is 3.40. The van der Waals surface area contributed by atoms with E-state index in [1.807, 2.05) is 31.2 Å². The number of phenols is 1. The molecular formula is C16H19NO2. The molecule has 100 valence electrons. The van der Waals surface area contributed by atoms with Gasteiger partial charge in [0.1, 0.15) is 17.3 Å². The lowest BCUT2D eigenvalue weighted by molar-refractivity contribution is 0.407. The van der Waals surface area contributed by atoms with E-state index in [1.165, 1.54) is 17.5 Å². The quantitative estimate of drug-likeness (QED) is 0.885. The molecule has 1 aromatic carbocycles. The van der Waals surface area contributed by atoms with Crippen molar-refractivity contribution in [1.82, 2.24) is 5.32 Å². The number of benzene rings is 1. The number of hydrogen-bond donors (Lipinski definition) is 2. The number of nitrogens with one attached hydrogen (secondary N) is 1. The zero-order valence-corrected chi connectivity index (χ0v) is 11.1. The van der Waals surface area contributed by atoms with Gasteiger partial charge in [0.15, 0.2) is 0 Å². The lowest BCUT2D eigenvalue weighted by Crippen LogP contribution is -2.24. The molecule has 1 atom stereocenters. The standard InChI is InChI=1S/C16H19NO2/c1-11-5-8-14(19-11)10-17-16-4-2-3-12-6-7-13(18)9-15(12)16/h5-9,16-18H,2-4,10H2,1H3. The fourth-order valence-corrected chi connectivity index (χ4v) is 2.80. The van der Waals surface area contributed by atoms with Crippen LogP contribution >= 0.6 is 0 Å². The number of hydrogen-bond acceptors (Lipinski definition) is 3. The van der Waals surface area contributed by atoms with E-state index in [-0.39, 0.29) is 0 Å². The molecular weight excluding hydrogens is 238 g/mol. The number of phenolic OH excluding ortho intramolecular Hbond substituents is 1. The van der Waals surface area contributed by atoms with E-state index in [0.717, 1.165) is 30.9 Å². The van der Waals surface area contributed by atoms with Crippen LogP contribution in [0, 0.1) is 6.92 Å². The zero-order valence-electron chi connectivity index (χ0n) is 11.1. The van der Waals surface area contributed by atoms with Gasteiger partial charge in [-0.25, -0.2) is 0 Å². The largest absolute Gasteiger partial charge is 0.508 e. The summed E-state index contributed by atoms with van der Waals surface area (Å²) in [7, 11) is 0. The molecule has 2 aromatic rings. The van der Waals surface area contributed by atoms with Crippen LogP contribution in [0.2, 0.25) is 0 Å². The van der Waals surface area contributed by atoms with Crippen molar-refractivity contribution in [2.75, 3.05) is 0 Å². The Hall–Kier alpha value is -1.74. The van der Waals surface area contributed by atoms with E-state index in [0.29, 0.717) is 11.8 Å². The van der Waals surface area contributed by atoms with Gasteiger partial charge in [-0.3, -0.25) is 0 Å². The molecule has 0 spiro atoms. The third-order valence-corrected chi connectivity index (χ3v) is 3.76. The highest BCUT2D eigenvalue weighted by atomic mass is 16.3. The predicted octanol–water partition coefficient (Wildman–Crippen LogP) is 3.46. The fourth-order valence-electron chi connectivity index (χ4n) is 2.80. The second kappa shape index (κ2) is 5.10. The maximum atomic E-state index is 9.65. The Bertz CT molecular complexity index is 574. The molecule has 0 saturated heterocycles. The molecule has 0 bridgehead atoms. The molecule has 1 aliphatic carbocycles. The Morgan fingerprint density at radius 1 is 1.32 bits per heavy atom. The number of fused-ring (bicyclic) bond motifs is 1. The van der Waals surface area contributed by atoms with Gasteiger partial charge in [0.25, 0.3) is 0 Å². The van der Waals surface area contributed by atoms with Gasteiger partial charge in [0, 0.05) is 6.04 Å². The average Bonchev–Trinajstić information content (AvgIpc) is 2.82. The monoisotopic (exact) mass is 257 g/mol. The van der Waals surface area contributed by atoms with Gasteiger partial charge >= 0.3 is 0 Å². The highest BCUT2D eigenvalue weighted by molar-refractivity contribution is 5.38. The molecule has 0 amide bonds. The SMILES string of the molecule is Cc1ccc(CNC2CCCc3ccc(O)cc32)o1. The molecule has 1 aliphatic rings. The van der Waals surface area contributed by atoms with E-state index >= 15 is 0 Å². The maximum absolute atomic E-state index is 9.65. The van der Waals surface area contributed by atoms with Crippen molar-refractivity contribution in [2.24, 2.45) is 0 Å². The number of rotatable bonds is 3. The molecule has 0 fully saturated rings.